The zero-order valence-corrected chi connectivity index (χ0v) is 11.0. The molecule has 18 heavy (non-hydrogen) atoms. The van der Waals surface area contributed by atoms with E-state index in [0.717, 1.165) is 5.56 Å². The Hall–Kier alpha value is -1.75. The van der Waals surface area contributed by atoms with Gasteiger partial charge in [-0.05, 0) is 38.0 Å². The SMILES string of the molecule is CCOC(=O)C(O)c1cc(C)c(C)c(O)c1OC. The number of hydrogen-bond donors (Lipinski definition) is 2. The van der Waals surface area contributed by atoms with Crippen LogP contribution in [0.3, 0.4) is 0 Å². The Morgan fingerprint density at radius 3 is 2.56 bits per heavy atom. The molecule has 1 aromatic rings. The van der Waals surface area contributed by atoms with E-state index < -0.39 is 12.1 Å². The van der Waals surface area contributed by atoms with Gasteiger partial charge in [-0.15, -0.1) is 0 Å². The second-order valence-electron chi connectivity index (χ2n) is 3.94. The van der Waals surface area contributed by atoms with Gasteiger partial charge in [0.15, 0.2) is 17.6 Å². The zero-order chi connectivity index (χ0) is 13.9. The van der Waals surface area contributed by atoms with Gasteiger partial charge in [0.2, 0.25) is 0 Å². The van der Waals surface area contributed by atoms with E-state index in [2.05, 4.69) is 0 Å². The summed E-state index contributed by atoms with van der Waals surface area (Å²) in [6, 6.07) is 1.61. The van der Waals surface area contributed by atoms with Crippen LogP contribution in [0.4, 0.5) is 0 Å². The van der Waals surface area contributed by atoms with Crippen molar-refractivity contribution in [2.45, 2.75) is 26.9 Å². The first kappa shape index (κ1) is 14.3. The lowest BCUT2D eigenvalue weighted by molar-refractivity contribution is -0.153. The van der Waals surface area contributed by atoms with Crippen molar-refractivity contribution in [2.75, 3.05) is 13.7 Å². The van der Waals surface area contributed by atoms with E-state index in [1.54, 1.807) is 26.8 Å². The van der Waals surface area contributed by atoms with Crippen LogP contribution >= 0.6 is 0 Å². The number of esters is 1. The highest BCUT2D eigenvalue weighted by atomic mass is 16.5. The van der Waals surface area contributed by atoms with Gasteiger partial charge in [-0.25, -0.2) is 4.79 Å². The van der Waals surface area contributed by atoms with E-state index in [4.69, 9.17) is 9.47 Å². The van der Waals surface area contributed by atoms with Gasteiger partial charge in [-0.3, -0.25) is 0 Å². The standard InChI is InChI=1S/C13H18O5/c1-5-18-13(16)11(15)9-6-7(2)8(3)10(14)12(9)17-4/h6,11,14-15H,5H2,1-4H3. The fourth-order valence-electron chi connectivity index (χ4n) is 1.67. The molecule has 5 heteroatoms. The molecule has 1 unspecified atom stereocenters. The quantitative estimate of drug-likeness (QED) is 0.798. The van der Waals surface area contributed by atoms with Gasteiger partial charge in [-0.2, -0.15) is 0 Å². The Bertz CT molecular complexity index is 453. The van der Waals surface area contributed by atoms with E-state index in [1.807, 2.05) is 0 Å². The van der Waals surface area contributed by atoms with E-state index >= 15 is 0 Å². The lowest BCUT2D eigenvalue weighted by Gasteiger charge is -2.17. The summed E-state index contributed by atoms with van der Waals surface area (Å²) in [4.78, 5) is 11.5. The van der Waals surface area contributed by atoms with Gasteiger partial charge >= 0.3 is 5.97 Å². The van der Waals surface area contributed by atoms with Crippen molar-refractivity contribution in [3.63, 3.8) is 0 Å². The summed E-state index contributed by atoms with van der Waals surface area (Å²) < 4.78 is 9.79. The summed E-state index contributed by atoms with van der Waals surface area (Å²) in [6.07, 6.45) is -1.47. The van der Waals surface area contributed by atoms with Crippen molar-refractivity contribution in [3.05, 3.63) is 22.8 Å². The molecule has 100 valence electrons. The van der Waals surface area contributed by atoms with Crippen LogP contribution in [0.15, 0.2) is 6.07 Å². The number of aliphatic hydroxyl groups is 1. The summed E-state index contributed by atoms with van der Waals surface area (Å²) in [5, 5.41) is 19.8. The number of aliphatic hydroxyl groups excluding tert-OH is 1. The van der Waals surface area contributed by atoms with Gasteiger partial charge in [-0.1, -0.05) is 0 Å². The third-order valence-electron chi connectivity index (χ3n) is 2.80. The van der Waals surface area contributed by atoms with E-state index in [0.29, 0.717) is 5.56 Å². The van der Waals surface area contributed by atoms with Crippen LogP contribution in [-0.4, -0.2) is 29.9 Å². The molecule has 0 aliphatic rings. The number of aromatic hydroxyl groups is 1. The third kappa shape index (κ3) is 2.56. The van der Waals surface area contributed by atoms with Crippen LogP contribution in [-0.2, 0) is 9.53 Å². The molecule has 0 aromatic heterocycles. The Balaban J connectivity index is 3.27. The fraction of sp³-hybridized carbons (Fsp3) is 0.462. The highest BCUT2D eigenvalue weighted by molar-refractivity contribution is 5.78. The largest absolute Gasteiger partial charge is 0.504 e. The molecule has 0 fully saturated rings. The molecule has 1 aromatic carbocycles. The van der Waals surface area contributed by atoms with Crippen LogP contribution in [0.25, 0.3) is 0 Å². The van der Waals surface area contributed by atoms with E-state index in [1.165, 1.54) is 7.11 Å². The number of rotatable bonds is 4. The molecule has 0 aliphatic carbocycles. The minimum absolute atomic E-state index is 0.0733. The molecule has 0 heterocycles. The molecule has 0 amide bonds. The topological polar surface area (TPSA) is 76.0 Å². The van der Waals surface area contributed by atoms with E-state index in [9.17, 15) is 15.0 Å². The molecular formula is C13H18O5. The number of aryl methyl sites for hydroxylation is 1. The summed E-state index contributed by atoms with van der Waals surface area (Å²) in [5.41, 5.74) is 1.61. The Morgan fingerprint density at radius 1 is 1.44 bits per heavy atom. The Morgan fingerprint density at radius 2 is 2.06 bits per heavy atom. The molecule has 1 atom stereocenters. The fourth-order valence-corrected chi connectivity index (χ4v) is 1.67. The molecule has 1 rings (SSSR count). The predicted octanol–water partition coefficient (Wildman–Crippen LogP) is 1.61. The van der Waals surface area contributed by atoms with Crippen LogP contribution in [0.1, 0.15) is 29.7 Å². The molecule has 0 saturated carbocycles. The zero-order valence-electron chi connectivity index (χ0n) is 11.0. The number of carbonyl (C=O) groups is 1. The molecule has 0 radical (unpaired) electrons. The Labute approximate surface area is 106 Å². The first-order chi connectivity index (χ1) is 8.43. The minimum Gasteiger partial charge on any atom is -0.504 e. The first-order valence-electron chi connectivity index (χ1n) is 5.65. The predicted molar refractivity (Wildman–Crippen MR) is 65.7 cm³/mol. The van der Waals surface area contributed by atoms with Crippen LogP contribution in [0.2, 0.25) is 0 Å². The van der Waals surface area contributed by atoms with Crippen molar-refractivity contribution >= 4 is 5.97 Å². The van der Waals surface area contributed by atoms with Gasteiger partial charge in [0.25, 0.3) is 0 Å². The van der Waals surface area contributed by atoms with Crippen molar-refractivity contribution in [2.24, 2.45) is 0 Å². The maximum Gasteiger partial charge on any atom is 0.339 e. The summed E-state index contributed by atoms with van der Waals surface area (Å²) in [5.74, 6) is -0.743. The molecule has 0 saturated heterocycles. The first-order valence-corrected chi connectivity index (χ1v) is 5.65. The van der Waals surface area contributed by atoms with Gasteiger partial charge in [0.05, 0.1) is 13.7 Å². The molecular weight excluding hydrogens is 236 g/mol. The highest BCUT2D eigenvalue weighted by Gasteiger charge is 2.25. The average Bonchev–Trinajstić information content (AvgIpc) is 2.35. The summed E-state index contributed by atoms with van der Waals surface area (Å²) in [6.45, 7) is 5.33. The molecule has 0 aliphatic heterocycles. The number of methoxy groups -OCH3 is 1. The van der Waals surface area contributed by atoms with Gasteiger partial charge in [0, 0.05) is 5.56 Å². The number of carbonyl (C=O) groups excluding carboxylic acids is 1. The number of hydrogen-bond acceptors (Lipinski definition) is 5. The van der Waals surface area contributed by atoms with Gasteiger partial charge < -0.3 is 19.7 Å². The monoisotopic (exact) mass is 254 g/mol. The van der Waals surface area contributed by atoms with Crippen molar-refractivity contribution in [1.82, 2.24) is 0 Å². The number of ether oxygens (including phenoxy) is 2. The normalized spacial score (nSPS) is 12.1. The lowest BCUT2D eigenvalue weighted by Crippen LogP contribution is -2.16. The lowest BCUT2D eigenvalue weighted by atomic mass is 10.00. The number of phenolic OH excluding ortho intramolecular Hbond substituents is 1. The van der Waals surface area contributed by atoms with E-state index in [-0.39, 0.29) is 23.7 Å². The average molecular weight is 254 g/mol. The van der Waals surface area contributed by atoms with Crippen LogP contribution in [0.5, 0.6) is 11.5 Å². The van der Waals surface area contributed by atoms with Crippen molar-refractivity contribution in [1.29, 1.82) is 0 Å². The second-order valence-corrected chi connectivity index (χ2v) is 3.94. The van der Waals surface area contributed by atoms with Crippen molar-refractivity contribution in [3.8, 4) is 11.5 Å². The number of phenols is 1. The Kier molecular flexibility index (Phi) is 4.55. The molecule has 5 nitrogen and oxygen atoms in total. The molecule has 2 N–H and O–H groups in total. The molecule has 0 spiro atoms. The maximum absolute atomic E-state index is 11.5. The highest BCUT2D eigenvalue weighted by Crippen LogP contribution is 2.38. The minimum atomic E-state index is -1.47. The maximum atomic E-state index is 11.5. The van der Waals surface area contributed by atoms with Gasteiger partial charge in [0.1, 0.15) is 0 Å². The van der Waals surface area contributed by atoms with Crippen LogP contribution in [0, 0.1) is 13.8 Å². The number of benzene rings is 1. The second kappa shape index (κ2) is 5.73. The smallest absolute Gasteiger partial charge is 0.339 e. The molecule has 0 bridgehead atoms. The third-order valence-corrected chi connectivity index (χ3v) is 2.80. The summed E-state index contributed by atoms with van der Waals surface area (Å²) >= 11 is 0. The summed E-state index contributed by atoms with van der Waals surface area (Å²) in [7, 11) is 1.37. The van der Waals surface area contributed by atoms with Crippen LogP contribution < -0.4 is 4.74 Å². The van der Waals surface area contributed by atoms with Crippen molar-refractivity contribution < 1.29 is 24.5 Å².